The molecule has 3 rings (SSSR count). The third-order valence-electron chi connectivity index (χ3n) is 5.96. The summed E-state index contributed by atoms with van der Waals surface area (Å²) in [4.78, 5) is 24.1. The highest BCUT2D eigenvalue weighted by atomic mass is 16.4. The van der Waals surface area contributed by atoms with Crippen LogP contribution in [0.15, 0.2) is 60.7 Å². The molecule has 0 amide bonds. The summed E-state index contributed by atoms with van der Waals surface area (Å²) < 4.78 is 0. The van der Waals surface area contributed by atoms with Crippen LogP contribution in [0.4, 0.5) is 0 Å². The molecule has 4 nitrogen and oxygen atoms in total. The summed E-state index contributed by atoms with van der Waals surface area (Å²) >= 11 is 0. The molecule has 172 valence electrons. The van der Waals surface area contributed by atoms with E-state index >= 15 is 0 Å². The van der Waals surface area contributed by atoms with Gasteiger partial charge in [-0.25, -0.2) is 9.59 Å². The van der Waals surface area contributed by atoms with Crippen molar-refractivity contribution in [1.82, 2.24) is 0 Å². The van der Waals surface area contributed by atoms with Gasteiger partial charge < -0.3 is 10.2 Å². The largest absolute Gasteiger partial charge is 0.478 e. The fraction of sp³-hybridized carbons (Fsp3) is 0.310. The third kappa shape index (κ3) is 5.16. The Bertz CT molecular complexity index is 1210. The summed E-state index contributed by atoms with van der Waals surface area (Å²) in [6.07, 6.45) is 0.935. The van der Waals surface area contributed by atoms with Crippen LogP contribution in [0.25, 0.3) is 22.3 Å². The Balaban J connectivity index is 2.41. The van der Waals surface area contributed by atoms with Gasteiger partial charge in [0.05, 0.1) is 11.1 Å². The highest BCUT2D eigenvalue weighted by Crippen LogP contribution is 2.43. The van der Waals surface area contributed by atoms with Gasteiger partial charge in [-0.05, 0) is 75.8 Å². The Morgan fingerprint density at radius 2 is 1.21 bits per heavy atom. The van der Waals surface area contributed by atoms with Crippen molar-refractivity contribution in [2.75, 3.05) is 0 Å². The van der Waals surface area contributed by atoms with E-state index in [1.165, 1.54) is 0 Å². The van der Waals surface area contributed by atoms with E-state index in [-0.39, 0.29) is 22.0 Å². The maximum atomic E-state index is 12.1. The highest BCUT2D eigenvalue weighted by Gasteiger charge is 2.30. The molecule has 3 aromatic rings. The molecule has 0 bridgehead atoms. The monoisotopic (exact) mass is 444 g/mol. The fourth-order valence-corrected chi connectivity index (χ4v) is 4.97. The molecule has 0 fully saturated rings. The van der Waals surface area contributed by atoms with Gasteiger partial charge in [-0.2, -0.15) is 0 Å². The van der Waals surface area contributed by atoms with Crippen LogP contribution in [0.5, 0.6) is 0 Å². The topological polar surface area (TPSA) is 74.6 Å². The first-order valence-corrected chi connectivity index (χ1v) is 11.1. The molecule has 0 spiro atoms. The van der Waals surface area contributed by atoms with Gasteiger partial charge >= 0.3 is 11.9 Å². The summed E-state index contributed by atoms with van der Waals surface area (Å²) in [5.74, 6) is -2.03. The van der Waals surface area contributed by atoms with Gasteiger partial charge in [0.25, 0.3) is 0 Å². The second kappa shape index (κ2) is 8.86. The second-order valence-corrected chi connectivity index (χ2v) is 10.5. The molecule has 0 radical (unpaired) electrons. The average molecular weight is 445 g/mol. The second-order valence-electron chi connectivity index (χ2n) is 10.5. The third-order valence-corrected chi connectivity index (χ3v) is 5.96. The van der Waals surface area contributed by atoms with Crippen LogP contribution in [0.1, 0.15) is 72.9 Å². The number of benzene rings is 3. The molecule has 0 saturated carbocycles. The Kier molecular flexibility index (Phi) is 6.51. The summed E-state index contributed by atoms with van der Waals surface area (Å²) in [6.45, 7) is 13.0. The summed E-state index contributed by atoms with van der Waals surface area (Å²) in [6, 6.07) is 18.0. The van der Waals surface area contributed by atoms with Crippen LogP contribution in [-0.4, -0.2) is 22.2 Å². The number of rotatable bonds is 6. The van der Waals surface area contributed by atoms with Crippen LogP contribution < -0.4 is 0 Å². The van der Waals surface area contributed by atoms with Gasteiger partial charge in [0.2, 0.25) is 0 Å². The van der Waals surface area contributed by atoms with Gasteiger partial charge in [-0.1, -0.05) is 77.1 Å². The van der Waals surface area contributed by atoms with E-state index in [0.29, 0.717) is 11.1 Å². The molecule has 0 aromatic heterocycles. The predicted molar refractivity (Wildman–Crippen MR) is 133 cm³/mol. The molecular weight excluding hydrogens is 412 g/mol. The van der Waals surface area contributed by atoms with Gasteiger partial charge in [-0.3, -0.25) is 0 Å². The maximum Gasteiger partial charge on any atom is 0.336 e. The van der Waals surface area contributed by atoms with Crippen molar-refractivity contribution >= 4 is 11.9 Å². The number of carboxylic acid groups (broad SMARTS) is 2. The number of carbonyl (C=O) groups is 2. The lowest BCUT2D eigenvalue weighted by Crippen LogP contribution is -2.25. The zero-order chi connectivity index (χ0) is 24.6. The molecule has 33 heavy (non-hydrogen) atoms. The predicted octanol–water partition coefficient (Wildman–Crippen LogP) is 7.44. The summed E-state index contributed by atoms with van der Waals surface area (Å²) in [7, 11) is 0. The Hall–Kier alpha value is -3.40. The summed E-state index contributed by atoms with van der Waals surface area (Å²) in [5, 5.41) is 19.7. The average Bonchev–Trinajstić information content (AvgIpc) is 2.71. The van der Waals surface area contributed by atoms with E-state index in [1.807, 2.05) is 19.1 Å². The van der Waals surface area contributed by atoms with Crippen molar-refractivity contribution < 1.29 is 19.8 Å². The fourth-order valence-electron chi connectivity index (χ4n) is 4.97. The number of hydrogen-bond acceptors (Lipinski definition) is 2. The van der Waals surface area contributed by atoms with Crippen molar-refractivity contribution in [2.45, 2.75) is 53.4 Å². The standard InChI is InChI=1S/C29H32O4/c1-18-15-19(29(5,6)17-28(2,3)4)16-24(20-11-7-9-13-22(20)26(30)31)25(18)21-12-8-10-14-23(21)27(32)33/h7-16H,17H2,1-6H3,(H,30,31)(H,32,33). The minimum absolute atomic E-state index is 0.102. The SMILES string of the molecule is Cc1cc(C(C)(C)CC(C)(C)C)cc(-c2ccccc2C(=O)O)c1-c1ccccc1C(=O)O. The van der Waals surface area contributed by atoms with Crippen molar-refractivity contribution in [3.63, 3.8) is 0 Å². The van der Waals surface area contributed by atoms with Crippen LogP contribution in [0, 0.1) is 12.3 Å². The molecule has 0 heterocycles. The van der Waals surface area contributed by atoms with E-state index < -0.39 is 11.9 Å². The first-order chi connectivity index (χ1) is 15.3. The van der Waals surface area contributed by atoms with E-state index in [0.717, 1.165) is 28.7 Å². The lowest BCUT2D eigenvalue weighted by atomic mass is 9.71. The maximum absolute atomic E-state index is 12.1. The molecule has 2 N–H and O–H groups in total. The van der Waals surface area contributed by atoms with Crippen LogP contribution in [0.2, 0.25) is 0 Å². The number of aromatic carboxylic acids is 2. The minimum Gasteiger partial charge on any atom is -0.478 e. The number of hydrogen-bond donors (Lipinski definition) is 2. The normalized spacial score (nSPS) is 11.9. The Morgan fingerprint density at radius 3 is 1.73 bits per heavy atom. The lowest BCUT2D eigenvalue weighted by Gasteiger charge is -2.34. The van der Waals surface area contributed by atoms with Gasteiger partial charge in [-0.15, -0.1) is 0 Å². The molecule has 0 saturated heterocycles. The van der Waals surface area contributed by atoms with Crippen molar-refractivity contribution in [2.24, 2.45) is 5.41 Å². The molecule has 0 aliphatic rings. The minimum atomic E-state index is -1.01. The van der Waals surface area contributed by atoms with Gasteiger partial charge in [0.1, 0.15) is 0 Å². The van der Waals surface area contributed by atoms with Gasteiger partial charge in [0.15, 0.2) is 0 Å². The van der Waals surface area contributed by atoms with E-state index in [2.05, 4.69) is 46.8 Å². The first kappa shape index (κ1) is 24.2. The van der Waals surface area contributed by atoms with Crippen LogP contribution in [-0.2, 0) is 5.41 Å². The van der Waals surface area contributed by atoms with Crippen molar-refractivity contribution in [1.29, 1.82) is 0 Å². The highest BCUT2D eigenvalue weighted by molar-refractivity contribution is 6.03. The van der Waals surface area contributed by atoms with Crippen LogP contribution in [0.3, 0.4) is 0 Å². The molecule has 0 aliphatic heterocycles. The van der Waals surface area contributed by atoms with Crippen LogP contribution >= 0.6 is 0 Å². The lowest BCUT2D eigenvalue weighted by molar-refractivity contribution is 0.0686. The first-order valence-electron chi connectivity index (χ1n) is 11.1. The quantitative estimate of drug-likeness (QED) is 0.414. The zero-order valence-electron chi connectivity index (χ0n) is 20.2. The van der Waals surface area contributed by atoms with Crippen molar-refractivity contribution in [3.05, 3.63) is 82.9 Å². The summed E-state index contributed by atoms with van der Waals surface area (Å²) in [5.41, 5.74) is 4.98. The Labute approximate surface area is 195 Å². The molecule has 0 atom stereocenters. The van der Waals surface area contributed by atoms with E-state index in [9.17, 15) is 19.8 Å². The molecular formula is C29H32O4. The molecule has 0 aliphatic carbocycles. The Morgan fingerprint density at radius 1 is 0.727 bits per heavy atom. The molecule has 0 unspecified atom stereocenters. The zero-order valence-corrected chi connectivity index (χ0v) is 20.2. The number of carboxylic acids is 2. The van der Waals surface area contributed by atoms with Gasteiger partial charge in [0, 0.05) is 0 Å². The van der Waals surface area contributed by atoms with E-state index in [4.69, 9.17) is 0 Å². The van der Waals surface area contributed by atoms with Crippen molar-refractivity contribution in [3.8, 4) is 22.3 Å². The smallest absolute Gasteiger partial charge is 0.336 e. The number of aryl methyl sites for hydroxylation is 1. The molecule has 3 aromatic carbocycles. The molecule has 4 heteroatoms. The van der Waals surface area contributed by atoms with E-state index in [1.54, 1.807) is 36.4 Å².